The van der Waals surface area contributed by atoms with Gasteiger partial charge in [0, 0.05) is 0 Å². The fraction of sp³-hybridized carbons (Fsp3) is 0.692. The van der Waals surface area contributed by atoms with Crippen LogP contribution in [-0.2, 0) is 14.0 Å². The molecular formula is C13H25NO4Si. The number of methoxy groups -OCH3 is 1. The van der Waals surface area contributed by atoms with Crippen molar-refractivity contribution in [2.24, 2.45) is 0 Å². The van der Waals surface area contributed by atoms with E-state index < -0.39 is 19.9 Å². The molecule has 0 rings (SSSR count). The summed E-state index contributed by atoms with van der Waals surface area (Å²) in [5.74, 6) is 0. The largest absolute Gasteiger partial charge is 0.453 e. The van der Waals surface area contributed by atoms with Crippen molar-refractivity contribution in [1.29, 1.82) is 0 Å². The second-order valence-electron chi connectivity index (χ2n) is 6.03. The molecule has 6 heteroatoms. The van der Waals surface area contributed by atoms with Crippen LogP contribution in [0.3, 0.4) is 0 Å². The number of alkyl carbamates (subject to hydrolysis) is 1. The van der Waals surface area contributed by atoms with E-state index in [1.807, 2.05) is 0 Å². The Hall–Kier alpha value is -1.14. The van der Waals surface area contributed by atoms with Gasteiger partial charge in [-0.25, -0.2) is 4.79 Å². The molecule has 0 saturated heterocycles. The molecule has 0 fully saturated rings. The van der Waals surface area contributed by atoms with E-state index in [9.17, 15) is 9.59 Å². The van der Waals surface area contributed by atoms with Crippen molar-refractivity contribution in [1.82, 2.24) is 5.32 Å². The summed E-state index contributed by atoms with van der Waals surface area (Å²) in [6.45, 7) is 14.1. The average molecular weight is 287 g/mol. The fourth-order valence-corrected chi connectivity index (χ4v) is 2.05. The average Bonchev–Trinajstić information content (AvgIpc) is 2.33. The van der Waals surface area contributed by atoms with Crippen molar-refractivity contribution in [3.05, 3.63) is 12.7 Å². The van der Waals surface area contributed by atoms with Gasteiger partial charge in [-0.1, -0.05) is 26.8 Å². The molecule has 5 nitrogen and oxygen atoms in total. The summed E-state index contributed by atoms with van der Waals surface area (Å²) in [7, 11) is -0.768. The minimum atomic E-state index is -2.01. The normalized spacial score (nSPS) is 15.3. The van der Waals surface area contributed by atoms with E-state index in [-0.39, 0.29) is 11.6 Å². The van der Waals surface area contributed by atoms with Gasteiger partial charge in [-0.3, -0.25) is 0 Å². The molecule has 0 heterocycles. The zero-order valence-electron chi connectivity index (χ0n) is 12.7. The van der Waals surface area contributed by atoms with Crippen molar-refractivity contribution >= 4 is 20.7 Å². The molecule has 19 heavy (non-hydrogen) atoms. The predicted octanol–water partition coefficient (Wildman–Crippen LogP) is 2.49. The molecule has 0 saturated carbocycles. The lowest BCUT2D eigenvalue weighted by atomic mass is 10.0. The summed E-state index contributed by atoms with van der Waals surface area (Å²) in [6, 6.07) is 0. The summed E-state index contributed by atoms with van der Waals surface area (Å²) < 4.78 is 10.5. The van der Waals surface area contributed by atoms with Crippen molar-refractivity contribution in [3.8, 4) is 0 Å². The van der Waals surface area contributed by atoms with Gasteiger partial charge >= 0.3 is 6.09 Å². The standard InChI is InChI=1S/C13H25NO4Si/c1-8-13(9-15,14-11(16)17-5)10-18-19(6,7)12(2,3)4/h8-9H,1,10H2,2-7H3,(H,14,16)/t13-/m0/s1. The lowest BCUT2D eigenvalue weighted by molar-refractivity contribution is -0.112. The van der Waals surface area contributed by atoms with Gasteiger partial charge in [0.1, 0.15) is 5.54 Å². The molecule has 1 amide bonds. The third-order valence-corrected chi connectivity index (χ3v) is 8.05. The van der Waals surface area contributed by atoms with Crippen LogP contribution < -0.4 is 5.32 Å². The highest BCUT2D eigenvalue weighted by molar-refractivity contribution is 6.74. The smallest absolute Gasteiger partial charge is 0.407 e. The number of hydrogen-bond acceptors (Lipinski definition) is 4. The predicted molar refractivity (Wildman–Crippen MR) is 77.7 cm³/mol. The summed E-state index contributed by atoms with van der Waals surface area (Å²) in [6.07, 6.45) is 1.29. The van der Waals surface area contributed by atoms with Gasteiger partial charge in [-0.2, -0.15) is 0 Å². The molecule has 0 aliphatic rings. The van der Waals surface area contributed by atoms with Gasteiger partial charge < -0.3 is 19.3 Å². The van der Waals surface area contributed by atoms with Crippen molar-refractivity contribution < 1.29 is 18.8 Å². The second-order valence-corrected chi connectivity index (χ2v) is 10.8. The third kappa shape index (κ3) is 4.79. The van der Waals surface area contributed by atoms with Crippen LogP contribution in [0.5, 0.6) is 0 Å². The van der Waals surface area contributed by atoms with E-state index in [4.69, 9.17) is 4.43 Å². The van der Waals surface area contributed by atoms with Gasteiger partial charge in [-0.15, -0.1) is 6.58 Å². The highest BCUT2D eigenvalue weighted by Crippen LogP contribution is 2.36. The molecule has 0 aliphatic carbocycles. The molecule has 0 spiro atoms. The maximum absolute atomic E-state index is 11.3. The second kappa shape index (κ2) is 6.34. The Labute approximate surface area is 116 Å². The number of ether oxygens (including phenoxy) is 1. The van der Waals surface area contributed by atoms with Crippen LogP contribution in [0.4, 0.5) is 4.79 Å². The topological polar surface area (TPSA) is 64.6 Å². The Balaban J connectivity index is 4.92. The minimum Gasteiger partial charge on any atom is -0.453 e. The van der Waals surface area contributed by atoms with E-state index in [1.54, 1.807) is 0 Å². The van der Waals surface area contributed by atoms with E-state index in [2.05, 4.69) is 50.5 Å². The van der Waals surface area contributed by atoms with Crippen molar-refractivity contribution in [2.45, 2.75) is 44.4 Å². The number of aldehydes is 1. The third-order valence-electron chi connectivity index (χ3n) is 3.57. The number of rotatable bonds is 6. The fourth-order valence-electron chi connectivity index (χ4n) is 1.02. The van der Waals surface area contributed by atoms with Gasteiger partial charge in [0.05, 0.1) is 13.7 Å². The lowest BCUT2D eigenvalue weighted by Gasteiger charge is -2.38. The number of carbonyl (C=O) groups excluding carboxylic acids is 2. The van der Waals surface area contributed by atoms with Gasteiger partial charge in [0.25, 0.3) is 0 Å². The van der Waals surface area contributed by atoms with Crippen LogP contribution >= 0.6 is 0 Å². The van der Waals surface area contributed by atoms with Crippen molar-refractivity contribution in [3.63, 3.8) is 0 Å². The van der Waals surface area contributed by atoms with Crippen LogP contribution in [0.15, 0.2) is 12.7 Å². The molecule has 0 aromatic rings. The zero-order chi connectivity index (χ0) is 15.3. The number of amides is 1. The number of nitrogens with one attached hydrogen (secondary N) is 1. The summed E-state index contributed by atoms with van der Waals surface area (Å²) in [5, 5.41) is 2.48. The zero-order valence-corrected chi connectivity index (χ0v) is 13.7. The van der Waals surface area contributed by atoms with Crippen LogP contribution in [0.2, 0.25) is 18.1 Å². The molecule has 0 aliphatic heterocycles. The van der Waals surface area contributed by atoms with E-state index in [1.165, 1.54) is 13.2 Å². The molecular weight excluding hydrogens is 262 g/mol. The van der Waals surface area contributed by atoms with Crippen LogP contribution in [0.1, 0.15) is 20.8 Å². The van der Waals surface area contributed by atoms with Crippen LogP contribution in [-0.4, -0.2) is 40.0 Å². The minimum absolute atomic E-state index is 0.0219. The Bertz CT molecular complexity index is 339. The highest BCUT2D eigenvalue weighted by Gasteiger charge is 2.40. The molecule has 0 aromatic carbocycles. The maximum Gasteiger partial charge on any atom is 0.407 e. The first-order chi connectivity index (χ1) is 8.53. The maximum atomic E-state index is 11.3. The Morgan fingerprint density at radius 3 is 2.21 bits per heavy atom. The number of carbonyl (C=O) groups is 2. The first kappa shape index (κ1) is 17.9. The Morgan fingerprint density at radius 1 is 1.37 bits per heavy atom. The summed E-state index contributed by atoms with van der Waals surface area (Å²) >= 11 is 0. The molecule has 1 atom stereocenters. The summed E-state index contributed by atoms with van der Waals surface area (Å²) in [4.78, 5) is 22.6. The van der Waals surface area contributed by atoms with E-state index in [0.29, 0.717) is 6.29 Å². The molecule has 0 unspecified atom stereocenters. The molecule has 110 valence electrons. The Kier molecular flexibility index (Phi) is 5.96. The van der Waals surface area contributed by atoms with Gasteiger partial charge in [0.2, 0.25) is 0 Å². The first-order valence-electron chi connectivity index (χ1n) is 6.13. The molecule has 0 radical (unpaired) electrons. The van der Waals surface area contributed by atoms with Gasteiger partial charge in [0.15, 0.2) is 14.6 Å². The molecule has 1 N–H and O–H groups in total. The highest BCUT2D eigenvalue weighted by atomic mass is 28.4. The molecule has 0 aromatic heterocycles. The molecule has 0 bridgehead atoms. The Morgan fingerprint density at radius 2 is 1.89 bits per heavy atom. The summed E-state index contributed by atoms with van der Waals surface area (Å²) in [5.41, 5.74) is -1.25. The van der Waals surface area contributed by atoms with Crippen LogP contribution in [0.25, 0.3) is 0 Å². The SMILES string of the molecule is C=C[C@](C=O)(CO[Si](C)(C)C(C)(C)C)NC(=O)OC. The van der Waals surface area contributed by atoms with Crippen molar-refractivity contribution in [2.75, 3.05) is 13.7 Å². The number of hydrogen-bond donors (Lipinski definition) is 1. The monoisotopic (exact) mass is 287 g/mol. The van der Waals surface area contributed by atoms with Gasteiger partial charge in [-0.05, 0) is 18.1 Å². The van der Waals surface area contributed by atoms with E-state index >= 15 is 0 Å². The quantitative estimate of drug-likeness (QED) is 0.463. The lowest BCUT2D eigenvalue weighted by Crippen LogP contribution is -2.55. The first-order valence-corrected chi connectivity index (χ1v) is 9.04. The van der Waals surface area contributed by atoms with E-state index in [0.717, 1.165) is 0 Å². The van der Waals surface area contributed by atoms with Crippen LogP contribution in [0, 0.1) is 0 Å².